The third-order valence-corrected chi connectivity index (χ3v) is 3.43. The molecule has 0 aliphatic rings. The van der Waals surface area contributed by atoms with Crippen LogP contribution in [0.5, 0.6) is 11.5 Å². The second-order valence-corrected chi connectivity index (χ2v) is 4.89. The molecule has 0 spiro atoms. The van der Waals surface area contributed by atoms with Crippen molar-refractivity contribution in [3.63, 3.8) is 0 Å². The average Bonchev–Trinajstić information content (AvgIpc) is 2.81. The van der Waals surface area contributed by atoms with E-state index in [1.54, 1.807) is 18.8 Å². The van der Waals surface area contributed by atoms with Crippen LogP contribution in [-0.2, 0) is 0 Å². The number of ether oxygens (including phenoxy) is 2. The summed E-state index contributed by atoms with van der Waals surface area (Å²) in [7, 11) is 3.16. The summed E-state index contributed by atoms with van der Waals surface area (Å²) in [6, 6.07) is 5.46. The Bertz CT molecular complexity index is 799. The molecule has 0 radical (unpaired) electrons. The van der Waals surface area contributed by atoms with Gasteiger partial charge < -0.3 is 9.47 Å². The molecule has 1 aromatic carbocycles. The van der Waals surface area contributed by atoms with Gasteiger partial charge >= 0.3 is 0 Å². The summed E-state index contributed by atoms with van der Waals surface area (Å²) in [4.78, 5) is 12.7. The van der Waals surface area contributed by atoms with Gasteiger partial charge in [0.15, 0.2) is 16.5 Å². The highest BCUT2D eigenvalue weighted by molar-refractivity contribution is 7.80. The van der Waals surface area contributed by atoms with Gasteiger partial charge in [-0.15, -0.1) is 12.6 Å². The molecule has 2 aromatic heterocycles. The molecule has 0 bridgehead atoms. The van der Waals surface area contributed by atoms with E-state index in [9.17, 15) is 0 Å². The Kier molecular flexibility index (Phi) is 3.60. The van der Waals surface area contributed by atoms with Gasteiger partial charge in [-0.2, -0.15) is 0 Å². The minimum Gasteiger partial charge on any atom is -0.494 e. The van der Waals surface area contributed by atoms with Crippen molar-refractivity contribution >= 4 is 35.5 Å². The summed E-state index contributed by atoms with van der Waals surface area (Å²) in [5, 5.41) is 0.681. The van der Waals surface area contributed by atoms with Gasteiger partial charge in [0.25, 0.3) is 0 Å². The van der Waals surface area contributed by atoms with Crippen LogP contribution in [0.2, 0.25) is 5.15 Å². The Balaban J connectivity index is 2.40. The number of para-hydroxylation sites is 1. The van der Waals surface area contributed by atoms with Gasteiger partial charge in [0.2, 0.25) is 0 Å². The molecular weight excluding hydrogens is 312 g/mol. The minimum atomic E-state index is 0.269. The van der Waals surface area contributed by atoms with Crippen molar-refractivity contribution in [1.82, 2.24) is 19.5 Å². The molecule has 0 N–H and O–H groups in total. The maximum absolute atomic E-state index is 5.93. The predicted octanol–water partition coefficient (Wildman–Crippen LogP) is 2.77. The fourth-order valence-corrected chi connectivity index (χ4v) is 2.50. The first-order valence-electron chi connectivity index (χ1n) is 5.97. The number of nitrogens with zero attached hydrogens (tertiary/aromatic N) is 4. The van der Waals surface area contributed by atoms with E-state index in [0.717, 1.165) is 0 Å². The standard InChI is InChI=1S/C13H11ClN4O2S/c1-19-7-4-3-5-8(20-2)10(7)18-12-11(17-13(18)21)15-6-9(14)16-12/h3-6H,1-2H3,(H,15,17,21). The first-order chi connectivity index (χ1) is 10.2. The Labute approximate surface area is 131 Å². The summed E-state index contributed by atoms with van der Waals surface area (Å²) in [6.45, 7) is 0. The highest BCUT2D eigenvalue weighted by atomic mass is 35.5. The van der Waals surface area contributed by atoms with Crippen molar-refractivity contribution in [2.75, 3.05) is 14.2 Å². The Hall–Kier alpha value is -1.99. The van der Waals surface area contributed by atoms with Crippen LogP contribution >= 0.6 is 24.2 Å². The molecule has 0 saturated heterocycles. The molecule has 0 aliphatic heterocycles. The summed E-state index contributed by atoms with van der Waals surface area (Å²) >= 11 is 10.3. The van der Waals surface area contributed by atoms with E-state index in [1.807, 2.05) is 18.2 Å². The number of rotatable bonds is 3. The minimum absolute atomic E-state index is 0.269. The van der Waals surface area contributed by atoms with Gasteiger partial charge in [-0.25, -0.2) is 15.0 Å². The lowest BCUT2D eigenvalue weighted by Crippen LogP contribution is -2.03. The van der Waals surface area contributed by atoms with E-state index in [2.05, 4.69) is 27.6 Å². The number of methoxy groups -OCH3 is 2. The van der Waals surface area contributed by atoms with E-state index >= 15 is 0 Å². The molecule has 0 saturated carbocycles. The second-order valence-electron chi connectivity index (χ2n) is 4.10. The smallest absolute Gasteiger partial charge is 0.198 e. The molecule has 0 atom stereocenters. The Morgan fingerprint density at radius 2 is 1.81 bits per heavy atom. The molecule has 0 aliphatic carbocycles. The molecule has 3 aromatic rings. The zero-order valence-corrected chi connectivity index (χ0v) is 12.9. The maximum Gasteiger partial charge on any atom is 0.198 e. The first-order valence-corrected chi connectivity index (χ1v) is 6.79. The third kappa shape index (κ3) is 2.28. The van der Waals surface area contributed by atoms with Gasteiger partial charge in [0.05, 0.1) is 20.4 Å². The summed E-state index contributed by atoms with van der Waals surface area (Å²) in [5.41, 5.74) is 1.57. The van der Waals surface area contributed by atoms with Crippen molar-refractivity contribution in [3.05, 3.63) is 29.5 Å². The average molecular weight is 323 g/mol. The Morgan fingerprint density at radius 3 is 2.43 bits per heavy atom. The highest BCUT2D eigenvalue weighted by Gasteiger charge is 2.20. The van der Waals surface area contributed by atoms with Crippen LogP contribution in [-0.4, -0.2) is 33.7 Å². The van der Waals surface area contributed by atoms with Crippen LogP contribution in [0.3, 0.4) is 0 Å². The molecule has 8 heteroatoms. The number of thiol groups is 1. The number of hydrogen-bond acceptors (Lipinski definition) is 6. The topological polar surface area (TPSA) is 62.1 Å². The predicted molar refractivity (Wildman–Crippen MR) is 82.0 cm³/mol. The lowest BCUT2D eigenvalue weighted by molar-refractivity contribution is 0.390. The number of imidazole rings is 1. The largest absolute Gasteiger partial charge is 0.494 e. The molecule has 0 fully saturated rings. The normalized spacial score (nSPS) is 10.9. The zero-order valence-electron chi connectivity index (χ0n) is 11.2. The summed E-state index contributed by atoms with van der Waals surface area (Å²) in [6.07, 6.45) is 1.44. The number of halogens is 1. The number of hydrogen-bond donors (Lipinski definition) is 1. The lowest BCUT2D eigenvalue weighted by atomic mass is 10.2. The second kappa shape index (κ2) is 5.42. The van der Waals surface area contributed by atoms with Crippen LogP contribution < -0.4 is 9.47 Å². The fourth-order valence-electron chi connectivity index (χ4n) is 2.08. The number of fused-ring (bicyclic) bond motifs is 1. The van der Waals surface area contributed by atoms with Gasteiger partial charge in [-0.1, -0.05) is 17.7 Å². The van der Waals surface area contributed by atoms with E-state index in [0.29, 0.717) is 33.6 Å². The Morgan fingerprint density at radius 1 is 1.14 bits per heavy atom. The van der Waals surface area contributed by atoms with Crippen molar-refractivity contribution in [2.45, 2.75) is 5.16 Å². The van der Waals surface area contributed by atoms with Gasteiger partial charge in [0, 0.05) is 0 Å². The van der Waals surface area contributed by atoms with Crippen molar-refractivity contribution in [2.24, 2.45) is 0 Å². The molecular formula is C13H11ClN4O2S. The zero-order chi connectivity index (χ0) is 15.0. The molecule has 2 heterocycles. The van der Waals surface area contributed by atoms with Crippen LogP contribution in [0, 0.1) is 0 Å². The molecule has 3 rings (SSSR count). The number of benzene rings is 1. The monoisotopic (exact) mass is 322 g/mol. The third-order valence-electron chi connectivity index (χ3n) is 2.95. The van der Waals surface area contributed by atoms with Crippen molar-refractivity contribution in [3.8, 4) is 17.2 Å². The van der Waals surface area contributed by atoms with Crippen LogP contribution in [0.4, 0.5) is 0 Å². The number of aromatic nitrogens is 4. The molecule has 0 amide bonds. The maximum atomic E-state index is 5.93. The SMILES string of the molecule is COc1cccc(OC)c1-n1c(S)nc2ncc(Cl)nc21. The van der Waals surface area contributed by atoms with Gasteiger partial charge in [-0.3, -0.25) is 4.57 Å². The van der Waals surface area contributed by atoms with Gasteiger partial charge in [-0.05, 0) is 12.1 Å². The van der Waals surface area contributed by atoms with E-state index in [-0.39, 0.29) is 5.15 Å². The highest BCUT2D eigenvalue weighted by Crippen LogP contribution is 2.36. The van der Waals surface area contributed by atoms with Crippen molar-refractivity contribution in [1.29, 1.82) is 0 Å². The summed E-state index contributed by atoms with van der Waals surface area (Å²) in [5.74, 6) is 1.21. The van der Waals surface area contributed by atoms with E-state index in [1.165, 1.54) is 6.20 Å². The quantitative estimate of drug-likeness (QED) is 0.751. The lowest BCUT2D eigenvalue weighted by Gasteiger charge is -2.14. The van der Waals surface area contributed by atoms with E-state index < -0.39 is 0 Å². The van der Waals surface area contributed by atoms with E-state index in [4.69, 9.17) is 21.1 Å². The van der Waals surface area contributed by atoms with Gasteiger partial charge in [0.1, 0.15) is 22.3 Å². The molecule has 21 heavy (non-hydrogen) atoms. The van der Waals surface area contributed by atoms with Crippen molar-refractivity contribution < 1.29 is 9.47 Å². The first kappa shape index (κ1) is 14.0. The van der Waals surface area contributed by atoms with Crippen LogP contribution in [0.15, 0.2) is 29.6 Å². The van der Waals surface area contributed by atoms with Crippen LogP contribution in [0.1, 0.15) is 0 Å². The molecule has 0 unspecified atom stereocenters. The summed E-state index contributed by atoms with van der Waals surface area (Å²) < 4.78 is 12.5. The fraction of sp³-hybridized carbons (Fsp3) is 0.154. The molecule has 108 valence electrons. The van der Waals surface area contributed by atoms with Crippen LogP contribution in [0.25, 0.3) is 17.0 Å². The molecule has 6 nitrogen and oxygen atoms in total.